The first-order valence-electron chi connectivity index (χ1n) is 6.71. The van der Waals surface area contributed by atoms with E-state index in [1.54, 1.807) is 25.1 Å². The predicted octanol–water partition coefficient (Wildman–Crippen LogP) is 2.43. The largest absolute Gasteiger partial charge is 0.484 e. The lowest BCUT2D eigenvalue weighted by molar-refractivity contribution is -0.123. The maximum Gasteiger partial charge on any atom is 0.257 e. The van der Waals surface area contributed by atoms with Crippen molar-refractivity contribution in [2.75, 3.05) is 13.2 Å². The molecule has 0 spiro atoms. The van der Waals surface area contributed by atoms with E-state index in [0.717, 1.165) is 12.0 Å². The minimum atomic E-state index is -0.136. The van der Waals surface area contributed by atoms with Crippen LogP contribution in [0.1, 0.15) is 32.8 Å². The maximum atomic E-state index is 11.6. The maximum absolute atomic E-state index is 11.6. The number of benzene rings is 1. The fourth-order valence-electron chi connectivity index (χ4n) is 1.57. The van der Waals surface area contributed by atoms with Crippen LogP contribution in [0.25, 0.3) is 0 Å². The summed E-state index contributed by atoms with van der Waals surface area (Å²) < 4.78 is 5.41. The van der Waals surface area contributed by atoms with Crippen LogP contribution in [0.15, 0.2) is 29.4 Å². The zero-order valence-electron chi connectivity index (χ0n) is 12.2. The third-order valence-electron chi connectivity index (χ3n) is 2.82. The smallest absolute Gasteiger partial charge is 0.257 e. The SMILES string of the molecule is CC(=NO)c1cccc(OCC(=O)NCCC(C)C)c1. The van der Waals surface area contributed by atoms with Gasteiger partial charge >= 0.3 is 0 Å². The number of amides is 1. The molecule has 20 heavy (non-hydrogen) atoms. The number of carbonyl (C=O) groups is 1. The summed E-state index contributed by atoms with van der Waals surface area (Å²) in [6.07, 6.45) is 0.952. The molecule has 0 heterocycles. The third kappa shape index (κ3) is 5.73. The molecule has 0 bridgehead atoms. The molecule has 0 atom stereocenters. The monoisotopic (exact) mass is 278 g/mol. The van der Waals surface area contributed by atoms with Crippen molar-refractivity contribution in [1.82, 2.24) is 5.32 Å². The Morgan fingerprint density at radius 2 is 2.20 bits per heavy atom. The third-order valence-corrected chi connectivity index (χ3v) is 2.82. The van der Waals surface area contributed by atoms with Crippen molar-refractivity contribution in [3.63, 3.8) is 0 Å². The Balaban J connectivity index is 2.43. The van der Waals surface area contributed by atoms with Crippen LogP contribution in [0, 0.1) is 5.92 Å². The minimum absolute atomic E-state index is 0.0170. The molecule has 1 amide bonds. The van der Waals surface area contributed by atoms with Gasteiger partial charge in [0, 0.05) is 12.1 Å². The second-order valence-electron chi connectivity index (χ2n) is 5.03. The molecule has 1 aromatic rings. The standard InChI is InChI=1S/C15H22N2O3/c1-11(2)7-8-16-15(18)10-20-14-6-4-5-13(9-14)12(3)17-19/h4-6,9,11,19H,7-8,10H2,1-3H3,(H,16,18). The van der Waals surface area contributed by atoms with Gasteiger partial charge in [0.2, 0.25) is 0 Å². The normalized spacial score (nSPS) is 11.5. The van der Waals surface area contributed by atoms with Gasteiger partial charge in [-0.2, -0.15) is 0 Å². The van der Waals surface area contributed by atoms with Gasteiger partial charge in [-0.25, -0.2) is 0 Å². The van der Waals surface area contributed by atoms with Crippen molar-refractivity contribution in [2.24, 2.45) is 11.1 Å². The van der Waals surface area contributed by atoms with Crippen molar-refractivity contribution >= 4 is 11.6 Å². The summed E-state index contributed by atoms with van der Waals surface area (Å²) in [6, 6.07) is 7.09. The molecule has 0 aliphatic heterocycles. The summed E-state index contributed by atoms with van der Waals surface area (Å²) in [5.74, 6) is 1.00. The Hall–Kier alpha value is -2.04. The molecule has 0 saturated heterocycles. The average molecular weight is 278 g/mol. The summed E-state index contributed by atoms with van der Waals surface area (Å²) in [7, 11) is 0. The van der Waals surface area contributed by atoms with Crippen molar-refractivity contribution < 1.29 is 14.7 Å². The van der Waals surface area contributed by atoms with Gasteiger partial charge in [0.15, 0.2) is 6.61 Å². The Bertz CT molecular complexity index is 470. The summed E-state index contributed by atoms with van der Waals surface area (Å²) in [5.41, 5.74) is 1.25. The van der Waals surface area contributed by atoms with Gasteiger partial charge in [-0.3, -0.25) is 4.79 Å². The van der Waals surface area contributed by atoms with E-state index in [1.807, 2.05) is 6.07 Å². The van der Waals surface area contributed by atoms with E-state index in [0.29, 0.717) is 23.9 Å². The molecular formula is C15H22N2O3. The van der Waals surface area contributed by atoms with E-state index in [4.69, 9.17) is 9.94 Å². The van der Waals surface area contributed by atoms with E-state index < -0.39 is 0 Å². The first kappa shape index (κ1) is 16.0. The molecule has 1 rings (SSSR count). The minimum Gasteiger partial charge on any atom is -0.484 e. The Kier molecular flexibility index (Phi) is 6.56. The second-order valence-corrected chi connectivity index (χ2v) is 5.03. The highest BCUT2D eigenvalue weighted by Gasteiger charge is 2.04. The van der Waals surface area contributed by atoms with Gasteiger partial charge in [-0.15, -0.1) is 0 Å². The van der Waals surface area contributed by atoms with Gasteiger partial charge in [0.1, 0.15) is 5.75 Å². The van der Waals surface area contributed by atoms with Crippen LogP contribution >= 0.6 is 0 Å². The van der Waals surface area contributed by atoms with Gasteiger partial charge in [0.05, 0.1) is 5.71 Å². The molecule has 0 radical (unpaired) electrons. The lowest BCUT2D eigenvalue weighted by Gasteiger charge is -2.09. The number of carbonyl (C=O) groups excluding carboxylic acids is 1. The summed E-state index contributed by atoms with van der Waals surface area (Å²) >= 11 is 0. The van der Waals surface area contributed by atoms with Crippen molar-refractivity contribution in [2.45, 2.75) is 27.2 Å². The Morgan fingerprint density at radius 3 is 2.85 bits per heavy atom. The summed E-state index contributed by atoms with van der Waals surface area (Å²) in [5, 5.41) is 14.7. The van der Waals surface area contributed by atoms with E-state index in [-0.39, 0.29) is 12.5 Å². The second kappa shape index (κ2) is 8.19. The fraction of sp³-hybridized carbons (Fsp3) is 0.467. The molecule has 0 fully saturated rings. The first-order chi connectivity index (χ1) is 9.52. The topological polar surface area (TPSA) is 70.9 Å². The number of hydrogen-bond donors (Lipinski definition) is 2. The number of hydrogen-bond acceptors (Lipinski definition) is 4. The number of nitrogens with zero attached hydrogens (tertiary/aromatic N) is 1. The molecular weight excluding hydrogens is 256 g/mol. The van der Waals surface area contributed by atoms with Gasteiger partial charge in [0.25, 0.3) is 5.91 Å². The van der Waals surface area contributed by atoms with Crippen molar-refractivity contribution in [3.8, 4) is 5.75 Å². The summed E-state index contributed by atoms with van der Waals surface area (Å²) in [6.45, 7) is 6.56. The Morgan fingerprint density at radius 1 is 1.45 bits per heavy atom. The molecule has 0 unspecified atom stereocenters. The van der Waals surface area contributed by atoms with Crippen LogP contribution < -0.4 is 10.1 Å². The van der Waals surface area contributed by atoms with Crippen molar-refractivity contribution in [3.05, 3.63) is 29.8 Å². The van der Waals surface area contributed by atoms with E-state index in [2.05, 4.69) is 24.3 Å². The quantitative estimate of drug-likeness (QED) is 0.457. The zero-order chi connectivity index (χ0) is 15.0. The predicted molar refractivity (Wildman–Crippen MR) is 78.4 cm³/mol. The molecule has 5 heteroatoms. The van der Waals surface area contributed by atoms with E-state index >= 15 is 0 Å². The fourth-order valence-corrected chi connectivity index (χ4v) is 1.57. The van der Waals surface area contributed by atoms with Crippen LogP contribution in [-0.4, -0.2) is 30.0 Å². The number of nitrogens with one attached hydrogen (secondary N) is 1. The van der Waals surface area contributed by atoms with Gasteiger partial charge in [-0.1, -0.05) is 31.1 Å². The van der Waals surface area contributed by atoms with E-state index in [1.165, 1.54) is 0 Å². The lowest BCUT2D eigenvalue weighted by Crippen LogP contribution is -2.30. The molecule has 0 saturated carbocycles. The number of rotatable bonds is 7. The average Bonchev–Trinajstić information content (AvgIpc) is 2.44. The first-order valence-corrected chi connectivity index (χ1v) is 6.71. The van der Waals surface area contributed by atoms with Crippen LogP contribution in [-0.2, 0) is 4.79 Å². The lowest BCUT2D eigenvalue weighted by atomic mass is 10.1. The number of oxime groups is 1. The molecule has 2 N–H and O–H groups in total. The number of ether oxygens (including phenoxy) is 1. The highest BCUT2D eigenvalue weighted by molar-refractivity contribution is 5.98. The van der Waals surface area contributed by atoms with Crippen LogP contribution in [0.2, 0.25) is 0 Å². The van der Waals surface area contributed by atoms with Crippen LogP contribution in [0.3, 0.4) is 0 Å². The molecule has 110 valence electrons. The molecule has 0 aliphatic carbocycles. The Labute approximate surface area is 119 Å². The summed E-state index contributed by atoms with van der Waals surface area (Å²) in [4.78, 5) is 11.6. The van der Waals surface area contributed by atoms with Crippen LogP contribution in [0.4, 0.5) is 0 Å². The molecule has 1 aromatic carbocycles. The van der Waals surface area contributed by atoms with Crippen LogP contribution in [0.5, 0.6) is 5.75 Å². The zero-order valence-corrected chi connectivity index (χ0v) is 12.2. The van der Waals surface area contributed by atoms with Gasteiger partial charge < -0.3 is 15.3 Å². The van der Waals surface area contributed by atoms with Gasteiger partial charge in [-0.05, 0) is 31.4 Å². The molecule has 0 aromatic heterocycles. The van der Waals surface area contributed by atoms with E-state index in [9.17, 15) is 4.79 Å². The highest BCUT2D eigenvalue weighted by Crippen LogP contribution is 2.13. The highest BCUT2D eigenvalue weighted by atomic mass is 16.5. The van der Waals surface area contributed by atoms with Crippen molar-refractivity contribution in [1.29, 1.82) is 0 Å². The molecule has 5 nitrogen and oxygen atoms in total. The molecule has 0 aliphatic rings.